The summed E-state index contributed by atoms with van der Waals surface area (Å²) in [5.41, 5.74) is 1.88. The fraction of sp³-hybridized carbons (Fsp3) is 0.667. The van der Waals surface area contributed by atoms with Crippen molar-refractivity contribution in [2.24, 2.45) is 11.3 Å². The molecule has 2 unspecified atom stereocenters. The highest BCUT2D eigenvalue weighted by molar-refractivity contribution is 5.12. The third-order valence-corrected chi connectivity index (χ3v) is 4.40. The average molecular weight is 232 g/mol. The Bertz CT molecular complexity index is 345. The lowest BCUT2D eigenvalue weighted by atomic mass is 9.76. The minimum Gasteiger partial charge on any atom is -0.316 e. The van der Waals surface area contributed by atoms with Gasteiger partial charge in [0.15, 0.2) is 0 Å². The Balaban J connectivity index is 2.07. The standard InChI is InChI=1S/C15H24N2/c1-15(2)8-4-5-13(15)14(16-3)11-12-6-9-17-10-7-12/h6-7,9-10,13-14,16H,4-5,8,11H2,1-3H3. The first kappa shape index (κ1) is 12.6. The summed E-state index contributed by atoms with van der Waals surface area (Å²) in [6.45, 7) is 4.84. The van der Waals surface area contributed by atoms with Crippen molar-refractivity contribution in [2.45, 2.75) is 45.6 Å². The van der Waals surface area contributed by atoms with Gasteiger partial charge in [0.1, 0.15) is 0 Å². The molecule has 1 saturated carbocycles. The van der Waals surface area contributed by atoms with Crippen LogP contribution in [0.1, 0.15) is 38.7 Å². The summed E-state index contributed by atoms with van der Waals surface area (Å²) in [6, 6.07) is 4.85. The zero-order chi connectivity index (χ0) is 12.3. The molecular formula is C15H24N2. The Labute approximate surface area is 105 Å². The van der Waals surface area contributed by atoms with Crippen molar-refractivity contribution in [1.29, 1.82) is 0 Å². The van der Waals surface area contributed by atoms with E-state index in [0.717, 1.165) is 12.3 Å². The van der Waals surface area contributed by atoms with E-state index in [1.807, 2.05) is 12.4 Å². The number of hydrogen-bond donors (Lipinski definition) is 1. The van der Waals surface area contributed by atoms with Crippen LogP contribution in [-0.4, -0.2) is 18.1 Å². The predicted octanol–water partition coefficient (Wildman–Crippen LogP) is 3.04. The molecule has 0 saturated heterocycles. The Morgan fingerprint density at radius 3 is 2.65 bits per heavy atom. The molecule has 2 atom stereocenters. The van der Waals surface area contributed by atoms with Crippen molar-refractivity contribution in [3.8, 4) is 0 Å². The summed E-state index contributed by atoms with van der Waals surface area (Å²) in [7, 11) is 2.10. The van der Waals surface area contributed by atoms with Gasteiger partial charge in [0.2, 0.25) is 0 Å². The number of likely N-dealkylation sites (N-methyl/N-ethyl adjacent to an activating group) is 1. The van der Waals surface area contributed by atoms with E-state index in [1.54, 1.807) is 0 Å². The summed E-state index contributed by atoms with van der Waals surface area (Å²) >= 11 is 0. The van der Waals surface area contributed by atoms with Crippen LogP contribution < -0.4 is 5.32 Å². The molecule has 1 heterocycles. The fourth-order valence-corrected chi connectivity index (χ4v) is 3.32. The van der Waals surface area contributed by atoms with Gasteiger partial charge in [-0.15, -0.1) is 0 Å². The van der Waals surface area contributed by atoms with Crippen LogP contribution in [0.4, 0.5) is 0 Å². The summed E-state index contributed by atoms with van der Waals surface area (Å²) in [4.78, 5) is 4.08. The number of nitrogens with zero attached hydrogens (tertiary/aromatic N) is 1. The molecule has 2 rings (SSSR count). The van der Waals surface area contributed by atoms with Crippen molar-refractivity contribution in [3.05, 3.63) is 30.1 Å². The molecule has 17 heavy (non-hydrogen) atoms. The normalized spacial score (nSPS) is 24.8. The smallest absolute Gasteiger partial charge is 0.0270 e. The minimum atomic E-state index is 0.487. The van der Waals surface area contributed by atoms with Crippen LogP contribution in [-0.2, 0) is 6.42 Å². The van der Waals surface area contributed by atoms with Crippen molar-refractivity contribution in [2.75, 3.05) is 7.05 Å². The molecule has 1 aliphatic rings. The second kappa shape index (κ2) is 5.18. The zero-order valence-electron chi connectivity index (χ0n) is 11.2. The van der Waals surface area contributed by atoms with Gasteiger partial charge in [-0.2, -0.15) is 0 Å². The maximum Gasteiger partial charge on any atom is 0.0270 e. The lowest BCUT2D eigenvalue weighted by Gasteiger charge is -2.34. The number of aromatic nitrogens is 1. The van der Waals surface area contributed by atoms with E-state index in [1.165, 1.54) is 24.8 Å². The summed E-state index contributed by atoms with van der Waals surface area (Å²) in [6.07, 6.45) is 9.01. The molecular weight excluding hydrogens is 208 g/mol. The van der Waals surface area contributed by atoms with E-state index < -0.39 is 0 Å². The third-order valence-electron chi connectivity index (χ3n) is 4.40. The highest BCUT2D eigenvalue weighted by Crippen LogP contribution is 2.44. The molecule has 94 valence electrons. The second-order valence-electron chi connectivity index (χ2n) is 5.94. The molecule has 1 aromatic rings. The van der Waals surface area contributed by atoms with Gasteiger partial charge in [-0.1, -0.05) is 20.3 Å². The fourth-order valence-electron chi connectivity index (χ4n) is 3.32. The molecule has 1 aromatic heterocycles. The highest BCUT2D eigenvalue weighted by Gasteiger charge is 2.38. The first-order valence-electron chi connectivity index (χ1n) is 6.69. The first-order valence-corrected chi connectivity index (χ1v) is 6.69. The highest BCUT2D eigenvalue weighted by atomic mass is 14.9. The Kier molecular flexibility index (Phi) is 3.82. The van der Waals surface area contributed by atoms with Gasteiger partial charge in [0.05, 0.1) is 0 Å². The van der Waals surface area contributed by atoms with Gasteiger partial charge in [-0.25, -0.2) is 0 Å². The summed E-state index contributed by atoms with van der Waals surface area (Å²) in [5, 5.41) is 3.53. The molecule has 1 fully saturated rings. The monoisotopic (exact) mass is 232 g/mol. The summed E-state index contributed by atoms with van der Waals surface area (Å²) < 4.78 is 0. The maximum atomic E-state index is 4.08. The Hall–Kier alpha value is -0.890. The van der Waals surface area contributed by atoms with Crippen LogP contribution in [0.3, 0.4) is 0 Å². The van der Waals surface area contributed by atoms with Crippen LogP contribution in [0.25, 0.3) is 0 Å². The molecule has 0 bridgehead atoms. The molecule has 0 radical (unpaired) electrons. The van der Waals surface area contributed by atoms with Gasteiger partial charge in [0.25, 0.3) is 0 Å². The van der Waals surface area contributed by atoms with E-state index in [9.17, 15) is 0 Å². The van der Waals surface area contributed by atoms with Gasteiger partial charge in [0, 0.05) is 18.4 Å². The van der Waals surface area contributed by atoms with Crippen molar-refractivity contribution < 1.29 is 0 Å². The molecule has 0 aliphatic heterocycles. The number of pyridine rings is 1. The molecule has 1 aliphatic carbocycles. The molecule has 0 amide bonds. The van der Waals surface area contributed by atoms with E-state index >= 15 is 0 Å². The van der Waals surface area contributed by atoms with Gasteiger partial charge >= 0.3 is 0 Å². The third kappa shape index (κ3) is 2.86. The molecule has 2 heteroatoms. The number of hydrogen-bond acceptors (Lipinski definition) is 2. The Morgan fingerprint density at radius 2 is 2.12 bits per heavy atom. The topological polar surface area (TPSA) is 24.9 Å². The zero-order valence-corrected chi connectivity index (χ0v) is 11.2. The van der Waals surface area contributed by atoms with Crippen molar-refractivity contribution in [1.82, 2.24) is 10.3 Å². The van der Waals surface area contributed by atoms with Crippen molar-refractivity contribution >= 4 is 0 Å². The van der Waals surface area contributed by atoms with E-state index in [0.29, 0.717) is 11.5 Å². The van der Waals surface area contributed by atoms with E-state index in [-0.39, 0.29) is 0 Å². The van der Waals surface area contributed by atoms with Crippen LogP contribution >= 0.6 is 0 Å². The minimum absolute atomic E-state index is 0.487. The van der Waals surface area contributed by atoms with Crippen LogP contribution in [0.2, 0.25) is 0 Å². The van der Waals surface area contributed by atoms with Gasteiger partial charge in [-0.05, 0) is 55.3 Å². The molecule has 0 aromatic carbocycles. The predicted molar refractivity (Wildman–Crippen MR) is 71.9 cm³/mol. The molecule has 0 spiro atoms. The quantitative estimate of drug-likeness (QED) is 0.863. The average Bonchev–Trinajstić information content (AvgIpc) is 2.67. The molecule has 2 nitrogen and oxygen atoms in total. The van der Waals surface area contributed by atoms with Crippen LogP contribution in [0.15, 0.2) is 24.5 Å². The number of rotatable bonds is 4. The largest absolute Gasteiger partial charge is 0.316 e. The lowest BCUT2D eigenvalue weighted by molar-refractivity contribution is 0.201. The van der Waals surface area contributed by atoms with Crippen molar-refractivity contribution in [3.63, 3.8) is 0 Å². The number of nitrogens with one attached hydrogen (secondary N) is 1. The SMILES string of the molecule is CNC(Cc1ccncc1)C1CCCC1(C)C. The first-order chi connectivity index (χ1) is 8.13. The lowest BCUT2D eigenvalue weighted by Crippen LogP contribution is -2.40. The Morgan fingerprint density at radius 1 is 1.41 bits per heavy atom. The van der Waals surface area contributed by atoms with E-state index in [4.69, 9.17) is 0 Å². The van der Waals surface area contributed by atoms with Gasteiger partial charge < -0.3 is 5.32 Å². The summed E-state index contributed by atoms with van der Waals surface area (Å²) in [5.74, 6) is 0.792. The van der Waals surface area contributed by atoms with E-state index in [2.05, 4.69) is 43.3 Å². The maximum absolute atomic E-state index is 4.08. The second-order valence-corrected chi connectivity index (χ2v) is 5.94. The molecule has 1 N–H and O–H groups in total. The van der Waals surface area contributed by atoms with Crippen LogP contribution in [0.5, 0.6) is 0 Å². The van der Waals surface area contributed by atoms with Gasteiger partial charge in [-0.3, -0.25) is 4.98 Å². The van der Waals surface area contributed by atoms with Crippen LogP contribution in [0, 0.1) is 11.3 Å².